The Morgan fingerprint density at radius 2 is 1.86 bits per heavy atom. The smallest absolute Gasteiger partial charge is 0.337 e. The molecule has 22 heavy (non-hydrogen) atoms. The zero-order chi connectivity index (χ0) is 16.1. The van der Waals surface area contributed by atoms with E-state index >= 15 is 0 Å². The predicted octanol–water partition coefficient (Wildman–Crippen LogP) is 4.17. The molecule has 0 saturated carbocycles. The second kappa shape index (κ2) is 7.09. The van der Waals surface area contributed by atoms with Crippen LogP contribution < -0.4 is 5.32 Å². The topological polar surface area (TPSA) is 66.4 Å². The van der Waals surface area contributed by atoms with Crippen molar-refractivity contribution in [3.63, 3.8) is 0 Å². The molecule has 0 aromatic heterocycles. The minimum absolute atomic E-state index is 0.0145. The van der Waals surface area contributed by atoms with Gasteiger partial charge in [-0.3, -0.25) is 4.79 Å². The molecule has 2 rings (SSSR count). The number of aromatic carboxylic acids is 1. The van der Waals surface area contributed by atoms with Crippen molar-refractivity contribution in [2.75, 3.05) is 5.32 Å². The van der Waals surface area contributed by atoms with E-state index in [1.807, 2.05) is 37.3 Å². The van der Waals surface area contributed by atoms with Crippen LogP contribution in [0.1, 0.15) is 35.2 Å². The maximum absolute atomic E-state index is 12.5. The summed E-state index contributed by atoms with van der Waals surface area (Å²) in [6.07, 6.45) is 0.610. The van der Waals surface area contributed by atoms with Gasteiger partial charge in [-0.1, -0.05) is 48.9 Å². The van der Waals surface area contributed by atoms with E-state index in [9.17, 15) is 14.7 Å². The van der Waals surface area contributed by atoms with Gasteiger partial charge in [0.25, 0.3) is 0 Å². The van der Waals surface area contributed by atoms with Crippen LogP contribution in [0.4, 0.5) is 5.69 Å². The van der Waals surface area contributed by atoms with Crippen LogP contribution >= 0.6 is 11.6 Å². The molecule has 0 aliphatic rings. The summed E-state index contributed by atoms with van der Waals surface area (Å²) in [4.78, 5) is 23.7. The number of hydrogen-bond donors (Lipinski definition) is 2. The first kappa shape index (κ1) is 16.0. The van der Waals surface area contributed by atoms with Crippen molar-refractivity contribution in [3.05, 3.63) is 64.7 Å². The third kappa shape index (κ3) is 3.65. The van der Waals surface area contributed by atoms with Crippen molar-refractivity contribution in [2.24, 2.45) is 0 Å². The van der Waals surface area contributed by atoms with Crippen LogP contribution in [0, 0.1) is 0 Å². The Labute approximate surface area is 133 Å². The number of benzene rings is 2. The van der Waals surface area contributed by atoms with E-state index in [0.717, 1.165) is 5.56 Å². The summed E-state index contributed by atoms with van der Waals surface area (Å²) in [5.74, 6) is -1.71. The normalized spacial score (nSPS) is 11.7. The van der Waals surface area contributed by atoms with E-state index in [1.54, 1.807) is 0 Å². The molecule has 1 atom stereocenters. The monoisotopic (exact) mass is 317 g/mol. The molecule has 0 bridgehead atoms. The third-order valence-electron chi connectivity index (χ3n) is 3.40. The number of nitrogens with one attached hydrogen (secondary N) is 1. The SMILES string of the molecule is CC[C@@H](C(=O)Nc1cc(Cl)ccc1C(=O)O)c1ccccc1. The van der Waals surface area contributed by atoms with Crippen molar-refractivity contribution >= 4 is 29.2 Å². The number of carboxylic acids is 1. The lowest BCUT2D eigenvalue weighted by molar-refractivity contribution is -0.117. The lowest BCUT2D eigenvalue weighted by Crippen LogP contribution is -2.22. The molecule has 0 unspecified atom stereocenters. The number of halogens is 1. The molecule has 0 aliphatic heterocycles. The molecule has 0 radical (unpaired) electrons. The maximum atomic E-state index is 12.5. The maximum Gasteiger partial charge on any atom is 0.337 e. The first-order valence-electron chi connectivity index (χ1n) is 6.91. The van der Waals surface area contributed by atoms with E-state index < -0.39 is 5.97 Å². The number of hydrogen-bond acceptors (Lipinski definition) is 2. The zero-order valence-electron chi connectivity index (χ0n) is 12.0. The molecule has 2 aromatic rings. The lowest BCUT2D eigenvalue weighted by atomic mass is 9.95. The van der Waals surface area contributed by atoms with E-state index in [1.165, 1.54) is 18.2 Å². The van der Waals surface area contributed by atoms with Gasteiger partial charge in [-0.25, -0.2) is 4.79 Å². The highest BCUT2D eigenvalue weighted by Crippen LogP contribution is 2.25. The summed E-state index contributed by atoms with van der Waals surface area (Å²) in [5, 5.41) is 12.2. The van der Waals surface area contributed by atoms with E-state index in [2.05, 4.69) is 5.32 Å². The Morgan fingerprint density at radius 1 is 1.18 bits per heavy atom. The molecule has 114 valence electrons. The van der Waals surface area contributed by atoms with Crippen LogP contribution in [-0.4, -0.2) is 17.0 Å². The Bertz CT molecular complexity index is 686. The molecular formula is C17H16ClNO3. The fraction of sp³-hybridized carbons (Fsp3) is 0.176. The molecule has 2 aromatic carbocycles. The van der Waals surface area contributed by atoms with Gasteiger partial charge in [0.15, 0.2) is 0 Å². The van der Waals surface area contributed by atoms with Gasteiger partial charge < -0.3 is 10.4 Å². The highest BCUT2D eigenvalue weighted by atomic mass is 35.5. The van der Waals surface area contributed by atoms with Crippen molar-refractivity contribution in [2.45, 2.75) is 19.3 Å². The van der Waals surface area contributed by atoms with Gasteiger partial charge in [0.05, 0.1) is 17.2 Å². The standard InChI is InChI=1S/C17H16ClNO3/c1-2-13(11-6-4-3-5-7-11)16(20)19-15-10-12(18)8-9-14(15)17(21)22/h3-10,13H,2H2,1H3,(H,19,20)(H,21,22)/t13-/m1/s1. The molecular weight excluding hydrogens is 302 g/mol. The van der Waals surface area contributed by atoms with Gasteiger partial charge in [-0.05, 0) is 30.2 Å². The van der Waals surface area contributed by atoms with Gasteiger partial charge in [0.2, 0.25) is 5.91 Å². The van der Waals surface area contributed by atoms with E-state index in [-0.39, 0.29) is 23.1 Å². The Balaban J connectivity index is 2.28. The molecule has 0 fully saturated rings. The molecule has 0 heterocycles. The number of anilines is 1. The minimum atomic E-state index is -1.11. The average molecular weight is 318 g/mol. The van der Waals surface area contributed by atoms with Gasteiger partial charge in [0.1, 0.15) is 0 Å². The van der Waals surface area contributed by atoms with Crippen molar-refractivity contribution in [1.82, 2.24) is 0 Å². The Kier molecular flexibility index (Phi) is 5.17. The predicted molar refractivity (Wildman–Crippen MR) is 86.5 cm³/mol. The summed E-state index contributed by atoms with van der Waals surface area (Å²) in [7, 11) is 0. The molecule has 5 heteroatoms. The van der Waals surface area contributed by atoms with Gasteiger partial charge in [0, 0.05) is 5.02 Å². The quantitative estimate of drug-likeness (QED) is 0.869. The lowest BCUT2D eigenvalue weighted by Gasteiger charge is -2.16. The van der Waals surface area contributed by atoms with Crippen LogP contribution in [0.2, 0.25) is 5.02 Å². The van der Waals surface area contributed by atoms with Crippen LogP contribution in [-0.2, 0) is 4.79 Å². The van der Waals surface area contributed by atoms with Crippen LogP contribution in [0.15, 0.2) is 48.5 Å². The van der Waals surface area contributed by atoms with Gasteiger partial charge >= 0.3 is 5.97 Å². The zero-order valence-corrected chi connectivity index (χ0v) is 12.8. The Hall–Kier alpha value is -2.33. The molecule has 0 saturated heterocycles. The Morgan fingerprint density at radius 3 is 2.45 bits per heavy atom. The van der Waals surface area contributed by atoms with Crippen molar-refractivity contribution in [1.29, 1.82) is 0 Å². The molecule has 1 amide bonds. The summed E-state index contributed by atoms with van der Waals surface area (Å²) in [6.45, 7) is 1.91. The fourth-order valence-electron chi connectivity index (χ4n) is 2.28. The van der Waals surface area contributed by atoms with Crippen molar-refractivity contribution < 1.29 is 14.7 Å². The number of carbonyl (C=O) groups is 2. The molecule has 4 nitrogen and oxygen atoms in total. The van der Waals surface area contributed by atoms with E-state index in [4.69, 9.17) is 11.6 Å². The number of carbonyl (C=O) groups excluding carboxylic acids is 1. The fourth-order valence-corrected chi connectivity index (χ4v) is 2.46. The largest absolute Gasteiger partial charge is 0.478 e. The second-order valence-electron chi connectivity index (χ2n) is 4.86. The van der Waals surface area contributed by atoms with Crippen LogP contribution in [0.25, 0.3) is 0 Å². The first-order valence-corrected chi connectivity index (χ1v) is 7.29. The minimum Gasteiger partial charge on any atom is -0.478 e. The van der Waals surface area contributed by atoms with Crippen LogP contribution in [0.3, 0.4) is 0 Å². The molecule has 0 spiro atoms. The number of rotatable bonds is 5. The van der Waals surface area contributed by atoms with Gasteiger partial charge in [-0.2, -0.15) is 0 Å². The summed E-state index contributed by atoms with van der Waals surface area (Å²) in [6, 6.07) is 13.7. The number of amides is 1. The molecule has 0 aliphatic carbocycles. The van der Waals surface area contributed by atoms with E-state index in [0.29, 0.717) is 11.4 Å². The first-order chi connectivity index (χ1) is 10.5. The second-order valence-corrected chi connectivity index (χ2v) is 5.29. The highest BCUT2D eigenvalue weighted by Gasteiger charge is 2.21. The summed E-state index contributed by atoms with van der Waals surface area (Å²) >= 11 is 5.89. The van der Waals surface area contributed by atoms with Crippen molar-refractivity contribution in [3.8, 4) is 0 Å². The summed E-state index contributed by atoms with van der Waals surface area (Å²) in [5.41, 5.74) is 1.11. The molecule has 2 N–H and O–H groups in total. The average Bonchev–Trinajstić information content (AvgIpc) is 2.48. The highest BCUT2D eigenvalue weighted by molar-refractivity contribution is 6.31. The van der Waals surface area contributed by atoms with Gasteiger partial charge in [-0.15, -0.1) is 0 Å². The summed E-state index contributed by atoms with van der Waals surface area (Å²) < 4.78 is 0. The van der Waals surface area contributed by atoms with Crippen LogP contribution in [0.5, 0.6) is 0 Å². The third-order valence-corrected chi connectivity index (χ3v) is 3.63. The number of carboxylic acid groups (broad SMARTS) is 1.